The molecule has 168 valence electrons. The molecule has 0 saturated carbocycles. The summed E-state index contributed by atoms with van der Waals surface area (Å²) in [5, 5.41) is 0. The number of hydrogen-bond acceptors (Lipinski definition) is 6. The fourth-order valence-corrected chi connectivity index (χ4v) is 3.78. The lowest BCUT2D eigenvalue weighted by Gasteiger charge is -2.15. The normalized spacial score (nSPS) is 11.7. The van der Waals surface area contributed by atoms with Gasteiger partial charge in [0.2, 0.25) is 0 Å². The molecule has 0 atom stereocenters. The number of aryl methyl sites for hydroxylation is 1. The number of sulfonamides is 1. The molecule has 0 unspecified atom stereocenters. The smallest absolute Gasteiger partial charge is 0.257 e. The molecule has 8 heteroatoms. The largest absolute Gasteiger partial charge is 0.497 e. The van der Waals surface area contributed by atoms with Crippen molar-refractivity contribution in [1.29, 1.82) is 0 Å². The Morgan fingerprint density at radius 3 is 1.88 bits per heavy atom. The summed E-state index contributed by atoms with van der Waals surface area (Å²) in [5.74, 6) is 1.87. The van der Waals surface area contributed by atoms with Crippen LogP contribution in [0.2, 0.25) is 0 Å². The van der Waals surface area contributed by atoms with Gasteiger partial charge in [0.15, 0.2) is 0 Å². The topological polar surface area (TPSA) is 85.9 Å². The van der Waals surface area contributed by atoms with E-state index in [0.29, 0.717) is 22.8 Å². The number of nitrogens with one attached hydrogen (secondary N) is 2. The van der Waals surface area contributed by atoms with Crippen LogP contribution in [0.1, 0.15) is 16.7 Å². The summed E-state index contributed by atoms with van der Waals surface area (Å²) in [6.07, 6.45) is 1.81. The molecule has 0 fully saturated rings. The van der Waals surface area contributed by atoms with E-state index in [1.54, 1.807) is 63.8 Å². The van der Waals surface area contributed by atoms with Gasteiger partial charge in [-0.1, -0.05) is 29.8 Å². The predicted octanol–water partition coefficient (Wildman–Crippen LogP) is 4.00. The summed E-state index contributed by atoms with van der Waals surface area (Å²) in [4.78, 5) is 2.61. The van der Waals surface area contributed by atoms with Crippen molar-refractivity contribution in [3.8, 4) is 17.2 Å². The van der Waals surface area contributed by atoms with Crippen LogP contribution in [0.4, 0.5) is 0 Å². The van der Waals surface area contributed by atoms with Gasteiger partial charge in [-0.05, 0) is 55.0 Å². The zero-order chi connectivity index (χ0) is 23.1. The summed E-state index contributed by atoms with van der Waals surface area (Å²) in [6.45, 7) is 1.90. The van der Waals surface area contributed by atoms with Gasteiger partial charge in [-0.25, -0.2) is 8.42 Å². The van der Waals surface area contributed by atoms with E-state index < -0.39 is 10.0 Å². The molecule has 0 aliphatic heterocycles. The fourth-order valence-electron chi connectivity index (χ4n) is 2.92. The van der Waals surface area contributed by atoms with E-state index in [1.807, 2.05) is 37.3 Å². The molecule has 3 rings (SSSR count). The van der Waals surface area contributed by atoms with Crippen molar-refractivity contribution >= 4 is 21.8 Å². The molecule has 0 heterocycles. The Morgan fingerprint density at radius 2 is 1.34 bits per heavy atom. The van der Waals surface area contributed by atoms with E-state index >= 15 is 0 Å². The molecule has 2 N–H and O–H groups in total. The molecule has 0 aliphatic carbocycles. The Balaban J connectivity index is 1.98. The molecule has 0 spiro atoms. The van der Waals surface area contributed by atoms with Crippen LogP contribution in [0.3, 0.4) is 0 Å². The second-order valence-corrected chi connectivity index (χ2v) is 8.66. The molecule has 0 aromatic heterocycles. The summed E-state index contributed by atoms with van der Waals surface area (Å²) in [7, 11) is 0.908. The molecule has 0 bridgehead atoms. The van der Waals surface area contributed by atoms with Crippen LogP contribution >= 0.6 is 0 Å². The van der Waals surface area contributed by atoms with E-state index in [2.05, 4.69) is 10.3 Å². The molecule has 3 aromatic carbocycles. The van der Waals surface area contributed by atoms with E-state index in [-0.39, 0.29) is 4.90 Å². The molecule has 0 amide bonds. The van der Waals surface area contributed by atoms with Crippen LogP contribution < -0.4 is 24.5 Å². The molecule has 0 aliphatic rings. The van der Waals surface area contributed by atoms with Crippen LogP contribution in [0, 0.1) is 6.92 Å². The van der Waals surface area contributed by atoms with Crippen LogP contribution in [-0.2, 0) is 10.0 Å². The minimum atomic E-state index is -3.80. The van der Waals surface area contributed by atoms with Crippen molar-refractivity contribution in [2.24, 2.45) is 0 Å². The van der Waals surface area contributed by atoms with Gasteiger partial charge in [-0.2, -0.15) is 0 Å². The first kappa shape index (κ1) is 23.2. The standard InChI is InChI=1S/C24H26N2O5S/c1-17-5-11-23(12-6-17)32(27,28)26-25-24(13-18-7-9-20(29-2)10-8-18)19-14-21(30-3)16-22(15-19)31-4/h5-16,25-26H,1-4H3. The highest BCUT2D eigenvalue weighted by Crippen LogP contribution is 2.27. The molecule has 0 saturated heterocycles. The van der Waals surface area contributed by atoms with Crippen molar-refractivity contribution in [2.75, 3.05) is 21.3 Å². The van der Waals surface area contributed by atoms with E-state index in [9.17, 15) is 8.42 Å². The molecule has 0 radical (unpaired) electrons. The Morgan fingerprint density at radius 1 is 0.781 bits per heavy atom. The minimum absolute atomic E-state index is 0.155. The highest BCUT2D eigenvalue weighted by Gasteiger charge is 2.15. The Kier molecular flexibility index (Phi) is 7.40. The highest BCUT2D eigenvalue weighted by molar-refractivity contribution is 7.89. The number of rotatable bonds is 9. The van der Waals surface area contributed by atoms with Gasteiger partial charge in [-0.3, -0.25) is 0 Å². The Bertz CT molecular complexity index is 1170. The monoisotopic (exact) mass is 454 g/mol. The van der Waals surface area contributed by atoms with Crippen molar-refractivity contribution < 1.29 is 22.6 Å². The van der Waals surface area contributed by atoms with Gasteiger partial charge in [0.25, 0.3) is 10.0 Å². The maximum Gasteiger partial charge on any atom is 0.257 e. The van der Waals surface area contributed by atoms with Crippen LogP contribution in [0.15, 0.2) is 71.6 Å². The lowest BCUT2D eigenvalue weighted by molar-refractivity contribution is 0.394. The lowest BCUT2D eigenvalue weighted by atomic mass is 10.1. The van der Waals surface area contributed by atoms with Crippen LogP contribution in [0.25, 0.3) is 11.8 Å². The predicted molar refractivity (Wildman–Crippen MR) is 125 cm³/mol. The summed E-state index contributed by atoms with van der Waals surface area (Å²) in [5.41, 5.74) is 5.83. The number of benzene rings is 3. The Hall–Kier alpha value is -3.49. The first-order valence-corrected chi connectivity index (χ1v) is 11.3. The zero-order valence-corrected chi connectivity index (χ0v) is 19.2. The van der Waals surface area contributed by atoms with E-state index in [0.717, 1.165) is 16.9 Å². The summed E-state index contributed by atoms with van der Waals surface area (Å²) in [6, 6.07) is 19.3. The number of hydrogen-bond donors (Lipinski definition) is 2. The SMILES string of the molecule is COc1ccc(C=C(NNS(=O)(=O)c2ccc(C)cc2)c2cc(OC)cc(OC)c2)cc1. The number of hydrazine groups is 1. The van der Waals surface area contributed by atoms with Gasteiger partial charge in [0, 0.05) is 11.6 Å². The lowest BCUT2D eigenvalue weighted by Crippen LogP contribution is -2.36. The van der Waals surface area contributed by atoms with E-state index in [4.69, 9.17) is 14.2 Å². The quantitative estimate of drug-likeness (QED) is 0.375. The van der Waals surface area contributed by atoms with Gasteiger partial charge in [0.1, 0.15) is 17.2 Å². The fraction of sp³-hybridized carbons (Fsp3) is 0.167. The second-order valence-electron chi connectivity index (χ2n) is 6.98. The van der Waals surface area contributed by atoms with E-state index in [1.165, 1.54) is 0 Å². The zero-order valence-electron chi connectivity index (χ0n) is 18.4. The van der Waals surface area contributed by atoms with Crippen molar-refractivity contribution in [3.05, 3.63) is 83.4 Å². The molecular weight excluding hydrogens is 428 g/mol. The van der Waals surface area contributed by atoms with Crippen LogP contribution in [-0.4, -0.2) is 29.7 Å². The van der Waals surface area contributed by atoms with Crippen molar-refractivity contribution in [3.63, 3.8) is 0 Å². The van der Waals surface area contributed by atoms with Gasteiger partial charge < -0.3 is 19.6 Å². The average molecular weight is 455 g/mol. The van der Waals surface area contributed by atoms with Gasteiger partial charge in [0.05, 0.1) is 31.9 Å². The highest BCUT2D eigenvalue weighted by atomic mass is 32.2. The van der Waals surface area contributed by atoms with Crippen molar-refractivity contribution in [1.82, 2.24) is 10.3 Å². The molecule has 32 heavy (non-hydrogen) atoms. The maximum atomic E-state index is 12.8. The number of methoxy groups -OCH3 is 3. The molecule has 7 nitrogen and oxygen atoms in total. The number of ether oxygens (including phenoxy) is 3. The molecular formula is C24H26N2O5S. The second kappa shape index (κ2) is 10.2. The summed E-state index contributed by atoms with van der Waals surface area (Å²) >= 11 is 0. The minimum Gasteiger partial charge on any atom is -0.497 e. The van der Waals surface area contributed by atoms with Crippen LogP contribution in [0.5, 0.6) is 17.2 Å². The third-order valence-electron chi connectivity index (χ3n) is 4.74. The Labute approximate surface area is 188 Å². The molecule has 3 aromatic rings. The maximum absolute atomic E-state index is 12.8. The van der Waals surface area contributed by atoms with Crippen molar-refractivity contribution in [2.45, 2.75) is 11.8 Å². The third-order valence-corrected chi connectivity index (χ3v) is 6.00. The van der Waals surface area contributed by atoms with Gasteiger partial charge >= 0.3 is 0 Å². The first-order valence-electron chi connectivity index (χ1n) is 9.78. The third kappa shape index (κ3) is 5.81. The average Bonchev–Trinajstić information content (AvgIpc) is 2.82. The van der Waals surface area contributed by atoms with Gasteiger partial charge in [-0.15, -0.1) is 4.83 Å². The summed E-state index contributed by atoms with van der Waals surface area (Å²) < 4.78 is 41.5. The first-order chi connectivity index (χ1) is 15.3.